The van der Waals surface area contributed by atoms with Gasteiger partial charge in [-0.2, -0.15) is 0 Å². The van der Waals surface area contributed by atoms with E-state index in [0.717, 1.165) is 0 Å². The second kappa shape index (κ2) is 5.31. The Hall–Kier alpha value is -3.02. The Kier molecular flexibility index (Phi) is 3.56. The Bertz CT molecular complexity index is 666. The van der Waals surface area contributed by atoms with Gasteiger partial charge in [-0.3, -0.25) is 9.59 Å². The van der Waals surface area contributed by atoms with Crippen LogP contribution in [0.3, 0.4) is 0 Å². The summed E-state index contributed by atoms with van der Waals surface area (Å²) in [6.07, 6.45) is 0. The molecule has 0 aromatic heterocycles. The van der Waals surface area contributed by atoms with Crippen LogP contribution < -0.4 is 21.9 Å². The molecule has 2 aromatic rings. The summed E-state index contributed by atoms with van der Waals surface area (Å²) in [6.45, 7) is 0. The molecule has 2 rings (SSSR count). The van der Waals surface area contributed by atoms with Crippen LogP contribution in [0.4, 0.5) is 5.69 Å². The molecule has 0 fully saturated rings. The third-order valence-corrected chi connectivity index (χ3v) is 2.64. The Morgan fingerprint density at radius 2 is 1.55 bits per heavy atom. The summed E-state index contributed by atoms with van der Waals surface area (Å²) >= 11 is 0. The summed E-state index contributed by atoms with van der Waals surface area (Å²) in [6, 6.07) is 10.7. The van der Waals surface area contributed by atoms with Crippen LogP contribution in [0, 0.1) is 0 Å². The highest BCUT2D eigenvalue weighted by molar-refractivity contribution is 5.96. The number of hydrogen-bond acceptors (Lipinski definition) is 4. The van der Waals surface area contributed by atoms with Gasteiger partial charge in [0, 0.05) is 17.3 Å². The van der Waals surface area contributed by atoms with Gasteiger partial charge >= 0.3 is 0 Å². The van der Waals surface area contributed by atoms with Gasteiger partial charge in [0.05, 0.1) is 5.56 Å². The van der Waals surface area contributed by atoms with Crippen molar-refractivity contribution in [2.75, 3.05) is 5.73 Å². The topological polar surface area (TPSA) is 121 Å². The molecular weight excluding hydrogens is 258 g/mol. The second-order valence-corrected chi connectivity index (χ2v) is 4.11. The molecule has 102 valence electrons. The van der Waals surface area contributed by atoms with Crippen molar-refractivity contribution in [2.45, 2.75) is 0 Å². The molecule has 6 nitrogen and oxygen atoms in total. The van der Waals surface area contributed by atoms with Crippen molar-refractivity contribution in [3.8, 4) is 11.5 Å². The predicted molar refractivity (Wildman–Crippen MR) is 74.4 cm³/mol. The molecule has 0 aliphatic carbocycles. The Morgan fingerprint density at radius 1 is 0.900 bits per heavy atom. The number of primary amides is 2. The fourth-order valence-corrected chi connectivity index (χ4v) is 1.64. The van der Waals surface area contributed by atoms with E-state index in [-0.39, 0.29) is 11.3 Å². The number of amides is 2. The second-order valence-electron chi connectivity index (χ2n) is 4.11. The van der Waals surface area contributed by atoms with Crippen molar-refractivity contribution in [3.05, 3.63) is 53.6 Å². The molecule has 0 atom stereocenters. The zero-order valence-electron chi connectivity index (χ0n) is 10.5. The molecule has 6 N–H and O–H groups in total. The van der Waals surface area contributed by atoms with Crippen LogP contribution in [-0.2, 0) is 0 Å². The van der Waals surface area contributed by atoms with Gasteiger partial charge in [0.1, 0.15) is 11.5 Å². The van der Waals surface area contributed by atoms with Crippen molar-refractivity contribution in [1.82, 2.24) is 0 Å². The maximum atomic E-state index is 11.3. The zero-order valence-corrected chi connectivity index (χ0v) is 10.5. The number of nitrogens with two attached hydrogens (primary N) is 3. The number of ether oxygens (including phenoxy) is 1. The quantitative estimate of drug-likeness (QED) is 0.724. The Morgan fingerprint density at radius 3 is 2.10 bits per heavy atom. The fraction of sp³-hybridized carbons (Fsp3) is 0. The summed E-state index contributed by atoms with van der Waals surface area (Å²) in [5.74, 6) is -0.459. The van der Waals surface area contributed by atoms with Crippen LogP contribution in [0.15, 0.2) is 42.5 Å². The molecule has 0 unspecified atom stereocenters. The lowest BCUT2D eigenvalue weighted by Gasteiger charge is -2.10. The summed E-state index contributed by atoms with van der Waals surface area (Å²) in [5.41, 5.74) is 17.1. The molecular formula is C14H13N3O3. The lowest BCUT2D eigenvalue weighted by atomic mass is 10.1. The number of nitrogen functional groups attached to an aromatic ring is 1. The van der Waals surface area contributed by atoms with Gasteiger partial charge in [-0.05, 0) is 36.4 Å². The maximum absolute atomic E-state index is 11.3. The van der Waals surface area contributed by atoms with E-state index < -0.39 is 11.8 Å². The lowest BCUT2D eigenvalue weighted by Crippen LogP contribution is -2.12. The molecule has 0 aliphatic rings. The van der Waals surface area contributed by atoms with Gasteiger partial charge in [-0.1, -0.05) is 0 Å². The normalized spacial score (nSPS) is 10.0. The Balaban J connectivity index is 2.31. The van der Waals surface area contributed by atoms with Gasteiger partial charge in [0.25, 0.3) is 5.91 Å². The van der Waals surface area contributed by atoms with Crippen molar-refractivity contribution < 1.29 is 14.3 Å². The molecule has 2 amide bonds. The third-order valence-electron chi connectivity index (χ3n) is 2.64. The van der Waals surface area contributed by atoms with Gasteiger partial charge in [0.2, 0.25) is 5.91 Å². The smallest absolute Gasteiger partial charge is 0.252 e. The van der Waals surface area contributed by atoms with Crippen LogP contribution in [0.1, 0.15) is 20.7 Å². The third kappa shape index (κ3) is 2.86. The van der Waals surface area contributed by atoms with Crippen LogP contribution >= 0.6 is 0 Å². The first-order valence-corrected chi connectivity index (χ1v) is 5.74. The van der Waals surface area contributed by atoms with Crippen LogP contribution in [0.2, 0.25) is 0 Å². The number of rotatable bonds is 4. The molecule has 20 heavy (non-hydrogen) atoms. The minimum Gasteiger partial charge on any atom is -0.456 e. The van der Waals surface area contributed by atoms with Crippen LogP contribution in [-0.4, -0.2) is 11.8 Å². The summed E-state index contributed by atoms with van der Waals surface area (Å²) in [4.78, 5) is 22.3. The summed E-state index contributed by atoms with van der Waals surface area (Å²) < 4.78 is 5.55. The van der Waals surface area contributed by atoms with Crippen molar-refractivity contribution >= 4 is 17.5 Å². The number of carbonyl (C=O) groups is 2. The molecule has 0 aliphatic heterocycles. The highest BCUT2D eigenvalue weighted by Crippen LogP contribution is 2.27. The predicted octanol–water partition coefficient (Wildman–Crippen LogP) is 1.26. The molecule has 0 saturated carbocycles. The van der Waals surface area contributed by atoms with E-state index in [9.17, 15) is 9.59 Å². The van der Waals surface area contributed by atoms with E-state index >= 15 is 0 Å². The van der Waals surface area contributed by atoms with E-state index in [2.05, 4.69) is 0 Å². The van der Waals surface area contributed by atoms with E-state index in [1.165, 1.54) is 24.3 Å². The largest absolute Gasteiger partial charge is 0.456 e. The Labute approximate surface area is 115 Å². The van der Waals surface area contributed by atoms with E-state index in [0.29, 0.717) is 17.0 Å². The SMILES string of the molecule is NC(=O)c1ccc(Oc2cc(N)ccc2C(N)=O)cc1. The minimum absolute atomic E-state index is 0.221. The fourth-order valence-electron chi connectivity index (χ4n) is 1.64. The number of benzene rings is 2. The molecule has 0 radical (unpaired) electrons. The number of hydrogen-bond donors (Lipinski definition) is 3. The first-order valence-electron chi connectivity index (χ1n) is 5.74. The molecule has 0 spiro atoms. The van der Waals surface area contributed by atoms with Crippen LogP contribution in [0.5, 0.6) is 11.5 Å². The van der Waals surface area contributed by atoms with E-state index in [1.54, 1.807) is 18.2 Å². The van der Waals surface area contributed by atoms with Crippen LogP contribution in [0.25, 0.3) is 0 Å². The zero-order chi connectivity index (χ0) is 14.7. The van der Waals surface area contributed by atoms with Crippen molar-refractivity contribution in [3.63, 3.8) is 0 Å². The van der Waals surface area contributed by atoms with Gasteiger partial charge < -0.3 is 21.9 Å². The summed E-state index contributed by atoms with van der Waals surface area (Å²) in [5, 5.41) is 0. The summed E-state index contributed by atoms with van der Waals surface area (Å²) in [7, 11) is 0. The van der Waals surface area contributed by atoms with Gasteiger partial charge in [-0.25, -0.2) is 0 Å². The van der Waals surface area contributed by atoms with Gasteiger partial charge in [0.15, 0.2) is 0 Å². The molecule has 0 heterocycles. The van der Waals surface area contributed by atoms with E-state index in [1.807, 2.05) is 0 Å². The minimum atomic E-state index is -0.617. The highest BCUT2D eigenvalue weighted by atomic mass is 16.5. The first kappa shape index (κ1) is 13.4. The lowest BCUT2D eigenvalue weighted by molar-refractivity contribution is 0.0991. The standard InChI is InChI=1S/C14H13N3O3/c15-9-3-6-11(14(17)19)12(7-9)20-10-4-1-8(2-5-10)13(16)18/h1-7H,15H2,(H2,16,18)(H2,17,19). The molecule has 0 bridgehead atoms. The number of carbonyl (C=O) groups excluding carboxylic acids is 2. The molecule has 0 saturated heterocycles. The molecule has 6 heteroatoms. The first-order chi connectivity index (χ1) is 9.47. The average Bonchev–Trinajstić information content (AvgIpc) is 2.39. The average molecular weight is 271 g/mol. The van der Waals surface area contributed by atoms with Crippen molar-refractivity contribution in [2.24, 2.45) is 11.5 Å². The van der Waals surface area contributed by atoms with Crippen molar-refractivity contribution in [1.29, 1.82) is 0 Å². The number of anilines is 1. The monoisotopic (exact) mass is 271 g/mol. The van der Waals surface area contributed by atoms with Gasteiger partial charge in [-0.15, -0.1) is 0 Å². The maximum Gasteiger partial charge on any atom is 0.252 e. The molecule has 2 aromatic carbocycles. The highest BCUT2D eigenvalue weighted by Gasteiger charge is 2.11. The van der Waals surface area contributed by atoms with E-state index in [4.69, 9.17) is 21.9 Å².